The Hall–Kier alpha value is -1.14. The third-order valence-corrected chi connectivity index (χ3v) is 2.53. The normalized spacial score (nSPS) is 13.5. The molecule has 1 rings (SSSR count). The smallest absolute Gasteiger partial charge is 0.398 e. The number of hydrogen-bond acceptors (Lipinski definition) is 3. The minimum Gasteiger partial charge on any atom is -0.398 e. The van der Waals surface area contributed by atoms with Gasteiger partial charge in [0.05, 0.1) is 10.7 Å². The Morgan fingerprint density at radius 1 is 1.47 bits per heavy atom. The van der Waals surface area contributed by atoms with Gasteiger partial charge >= 0.3 is 6.18 Å². The number of benzene rings is 1. The molecule has 1 aromatic rings. The zero-order chi connectivity index (χ0) is 13.2. The van der Waals surface area contributed by atoms with Crippen molar-refractivity contribution in [2.75, 3.05) is 17.6 Å². The van der Waals surface area contributed by atoms with E-state index in [1.165, 1.54) is 6.07 Å². The third kappa shape index (κ3) is 3.67. The SMILES string of the molecule is Cc1cc(N)c(Cl)cc1NCC(O)C(F)(F)F. The maximum atomic E-state index is 12.1. The zero-order valence-electron chi connectivity index (χ0n) is 8.98. The fourth-order valence-corrected chi connectivity index (χ4v) is 1.38. The summed E-state index contributed by atoms with van der Waals surface area (Å²) in [7, 11) is 0. The van der Waals surface area contributed by atoms with Crippen molar-refractivity contribution in [2.24, 2.45) is 0 Å². The highest BCUT2D eigenvalue weighted by Gasteiger charge is 2.37. The number of rotatable bonds is 3. The van der Waals surface area contributed by atoms with Crippen LogP contribution < -0.4 is 11.1 Å². The van der Waals surface area contributed by atoms with Crippen LogP contribution in [0.3, 0.4) is 0 Å². The number of aliphatic hydroxyl groups excluding tert-OH is 1. The molecule has 0 aliphatic heterocycles. The van der Waals surface area contributed by atoms with Crippen LogP contribution in [-0.4, -0.2) is 23.9 Å². The number of aliphatic hydroxyl groups is 1. The summed E-state index contributed by atoms with van der Waals surface area (Å²) in [6, 6.07) is 2.97. The van der Waals surface area contributed by atoms with Gasteiger partial charge in [-0.1, -0.05) is 11.6 Å². The van der Waals surface area contributed by atoms with Gasteiger partial charge in [0.15, 0.2) is 6.10 Å². The molecular formula is C10H12ClF3N2O. The Kier molecular flexibility index (Phi) is 4.11. The predicted molar refractivity (Wildman–Crippen MR) is 61.2 cm³/mol. The van der Waals surface area contributed by atoms with Crippen LogP contribution >= 0.6 is 11.6 Å². The lowest BCUT2D eigenvalue weighted by Crippen LogP contribution is -2.35. The highest BCUT2D eigenvalue weighted by molar-refractivity contribution is 6.33. The molecule has 1 aromatic carbocycles. The number of nitrogens with one attached hydrogen (secondary N) is 1. The van der Waals surface area contributed by atoms with Crippen molar-refractivity contribution in [3.8, 4) is 0 Å². The summed E-state index contributed by atoms with van der Waals surface area (Å²) in [5.41, 5.74) is 6.94. The average molecular weight is 269 g/mol. The summed E-state index contributed by atoms with van der Waals surface area (Å²) in [5, 5.41) is 11.5. The molecular weight excluding hydrogens is 257 g/mol. The first-order valence-electron chi connectivity index (χ1n) is 4.76. The number of anilines is 2. The van der Waals surface area contributed by atoms with Crippen LogP contribution in [0.5, 0.6) is 0 Å². The van der Waals surface area contributed by atoms with E-state index in [0.29, 0.717) is 16.9 Å². The van der Waals surface area contributed by atoms with Crippen LogP contribution in [0.1, 0.15) is 5.56 Å². The van der Waals surface area contributed by atoms with Crippen molar-refractivity contribution < 1.29 is 18.3 Å². The second-order valence-corrected chi connectivity index (χ2v) is 4.03. The molecule has 4 N–H and O–H groups in total. The number of hydrogen-bond donors (Lipinski definition) is 3. The Bertz CT molecular complexity index is 409. The molecule has 1 atom stereocenters. The van der Waals surface area contributed by atoms with E-state index in [1.807, 2.05) is 0 Å². The van der Waals surface area contributed by atoms with Gasteiger partial charge < -0.3 is 16.2 Å². The number of alkyl halides is 3. The molecule has 0 amide bonds. The molecule has 3 nitrogen and oxygen atoms in total. The van der Waals surface area contributed by atoms with Crippen molar-refractivity contribution in [2.45, 2.75) is 19.2 Å². The summed E-state index contributed by atoms with van der Waals surface area (Å²) in [4.78, 5) is 0. The van der Waals surface area contributed by atoms with Gasteiger partial charge in [0.2, 0.25) is 0 Å². The summed E-state index contributed by atoms with van der Waals surface area (Å²) in [6.07, 6.45) is -7.06. The van der Waals surface area contributed by atoms with Crippen molar-refractivity contribution in [3.05, 3.63) is 22.7 Å². The average Bonchev–Trinajstić information content (AvgIpc) is 2.19. The lowest BCUT2D eigenvalue weighted by atomic mass is 10.1. The Balaban J connectivity index is 2.73. The van der Waals surface area contributed by atoms with Crippen LogP contribution in [0.2, 0.25) is 5.02 Å². The quantitative estimate of drug-likeness (QED) is 0.739. The second-order valence-electron chi connectivity index (χ2n) is 3.63. The number of nitrogen functional groups attached to an aromatic ring is 1. The van der Waals surface area contributed by atoms with E-state index in [-0.39, 0.29) is 5.02 Å². The fourth-order valence-electron chi connectivity index (χ4n) is 1.22. The standard InChI is InChI=1S/C10H12ClF3N2O/c1-5-2-7(15)6(11)3-8(5)16-4-9(17)10(12,13)14/h2-3,9,16-17H,4,15H2,1H3. The van der Waals surface area contributed by atoms with Crippen LogP contribution in [0.15, 0.2) is 12.1 Å². The van der Waals surface area contributed by atoms with Crippen LogP contribution in [0.25, 0.3) is 0 Å². The first-order chi connectivity index (χ1) is 7.71. The largest absolute Gasteiger partial charge is 0.416 e. The summed E-state index contributed by atoms with van der Waals surface area (Å²) in [5.74, 6) is 0. The summed E-state index contributed by atoms with van der Waals surface area (Å²) < 4.78 is 36.2. The van der Waals surface area contributed by atoms with E-state index < -0.39 is 18.8 Å². The highest BCUT2D eigenvalue weighted by atomic mass is 35.5. The highest BCUT2D eigenvalue weighted by Crippen LogP contribution is 2.27. The Labute approximate surface area is 101 Å². The van der Waals surface area contributed by atoms with E-state index in [1.54, 1.807) is 13.0 Å². The molecule has 96 valence electrons. The third-order valence-electron chi connectivity index (χ3n) is 2.21. The molecule has 0 fully saturated rings. The molecule has 0 bridgehead atoms. The molecule has 0 spiro atoms. The van der Waals surface area contributed by atoms with Crippen molar-refractivity contribution in [1.82, 2.24) is 0 Å². The van der Waals surface area contributed by atoms with Gasteiger partial charge in [0.25, 0.3) is 0 Å². The topological polar surface area (TPSA) is 58.3 Å². The summed E-state index contributed by atoms with van der Waals surface area (Å²) >= 11 is 5.74. The van der Waals surface area contributed by atoms with E-state index in [2.05, 4.69) is 5.32 Å². The maximum absolute atomic E-state index is 12.1. The van der Waals surface area contributed by atoms with Gasteiger partial charge in [-0.25, -0.2) is 0 Å². The monoisotopic (exact) mass is 268 g/mol. The van der Waals surface area contributed by atoms with E-state index in [4.69, 9.17) is 22.4 Å². The summed E-state index contributed by atoms with van der Waals surface area (Å²) in [6.45, 7) is 1.04. The fraction of sp³-hybridized carbons (Fsp3) is 0.400. The first-order valence-corrected chi connectivity index (χ1v) is 5.14. The Morgan fingerprint density at radius 3 is 2.59 bits per heavy atom. The maximum Gasteiger partial charge on any atom is 0.416 e. The molecule has 1 unspecified atom stereocenters. The first kappa shape index (κ1) is 13.9. The molecule has 0 aliphatic rings. The lowest BCUT2D eigenvalue weighted by Gasteiger charge is -2.17. The Morgan fingerprint density at radius 2 is 2.06 bits per heavy atom. The van der Waals surface area contributed by atoms with Gasteiger partial charge in [0, 0.05) is 12.2 Å². The van der Waals surface area contributed by atoms with Crippen molar-refractivity contribution >= 4 is 23.0 Å². The van der Waals surface area contributed by atoms with E-state index in [0.717, 1.165) is 0 Å². The number of halogens is 4. The number of aryl methyl sites for hydroxylation is 1. The minimum atomic E-state index is -4.64. The van der Waals surface area contributed by atoms with Gasteiger partial charge in [-0.2, -0.15) is 13.2 Å². The van der Waals surface area contributed by atoms with Gasteiger partial charge in [-0.15, -0.1) is 0 Å². The van der Waals surface area contributed by atoms with Gasteiger partial charge in [0.1, 0.15) is 0 Å². The van der Waals surface area contributed by atoms with Crippen molar-refractivity contribution in [3.63, 3.8) is 0 Å². The molecule has 0 saturated carbocycles. The molecule has 0 heterocycles. The van der Waals surface area contributed by atoms with Crippen LogP contribution in [0.4, 0.5) is 24.5 Å². The second kappa shape index (κ2) is 5.01. The molecule has 0 aliphatic carbocycles. The minimum absolute atomic E-state index is 0.250. The number of nitrogens with two attached hydrogens (primary N) is 1. The molecule has 0 saturated heterocycles. The lowest BCUT2D eigenvalue weighted by molar-refractivity contribution is -0.198. The molecule has 0 radical (unpaired) electrons. The molecule has 0 aromatic heterocycles. The van der Waals surface area contributed by atoms with Crippen LogP contribution in [0, 0.1) is 6.92 Å². The van der Waals surface area contributed by atoms with Gasteiger partial charge in [-0.05, 0) is 24.6 Å². The van der Waals surface area contributed by atoms with E-state index in [9.17, 15) is 13.2 Å². The van der Waals surface area contributed by atoms with Crippen molar-refractivity contribution in [1.29, 1.82) is 0 Å². The molecule has 7 heteroatoms. The zero-order valence-corrected chi connectivity index (χ0v) is 9.73. The molecule has 17 heavy (non-hydrogen) atoms. The van der Waals surface area contributed by atoms with E-state index >= 15 is 0 Å². The predicted octanol–water partition coefficient (Wildman–Crippen LogP) is 2.57. The van der Waals surface area contributed by atoms with Crippen LogP contribution in [-0.2, 0) is 0 Å². The van der Waals surface area contributed by atoms with Gasteiger partial charge in [-0.3, -0.25) is 0 Å².